The van der Waals surface area contributed by atoms with Gasteiger partial charge in [-0.1, -0.05) is 32.1 Å². The van der Waals surface area contributed by atoms with Crippen LogP contribution < -0.4 is 0 Å². The van der Waals surface area contributed by atoms with Crippen molar-refractivity contribution < 1.29 is 15.0 Å². The van der Waals surface area contributed by atoms with Gasteiger partial charge in [-0.2, -0.15) is 0 Å². The number of hydrogen-bond acceptors (Lipinski definition) is 2. The SMILES string of the molecule is CCCCCCC#C[C@@H](O)CCC(=O)O. The number of aliphatic hydroxyl groups excluding tert-OH is 1. The number of aliphatic carboxylic acids is 1. The second kappa shape index (κ2) is 9.54. The molecule has 0 radical (unpaired) electrons. The summed E-state index contributed by atoms with van der Waals surface area (Å²) in [5.41, 5.74) is 0. The van der Waals surface area contributed by atoms with Gasteiger partial charge in [-0.3, -0.25) is 4.79 Å². The van der Waals surface area contributed by atoms with Gasteiger partial charge in [-0.05, 0) is 12.8 Å². The summed E-state index contributed by atoms with van der Waals surface area (Å²) in [5.74, 6) is 4.64. The van der Waals surface area contributed by atoms with Crippen molar-refractivity contribution in [1.29, 1.82) is 0 Å². The van der Waals surface area contributed by atoms with E-state index in [2.05, 4.69) is 18.8 Å². The molecule has 1 atom stereocenters. The van der Waals surface area contributed by atoms with Crippen LogP contribution >= 0.6 is 0 Å². The van der Waals surface area contributed by atoms with Gasteiger partial charge in [0, 0.05) is 12.8 Å². The third kappa shape index (κ3) is 10.9. The smallest absolute Gasteiger partial charge is 0.303 e. The topological polar surface area (TPSA) is 57.5 Å². The molecule has 3 nitrogen and oxygen atoms in total. The quantitative estimate of drug-likeness (QED) is 0.502. The van der Waals surface area contributed by atoms with Gasteiger partial charge in [-0.15, -0.1) is 5.92 Å². The van der Waals surface area contributed by atoms with Crippen molar-refractivity contribution in [3.63, 3.8) is 0 Å². The summed E-state index contributed by atoms with van der Waals surface area (Å²) in [7, 11) is 0. The Kier molecular flexibility index (Phi) is 8.90. The standard InChI is InChI=1S/C12H20O3/c1-2-3-4-5-6-7-8-11(13)9-10-12(14)15/h11,13H,2-6,9-10H2,1H3,(H,14,15)/t11-/m1/s1. The summed E-state index contributed by atoms with van der Waals surface area (Å²) in [4.78, 5) is 10.2. The van der Waals surface area contributed by atoms with Crippen LogP contribution in [-0.2, 0) is 4.79 Å². The molecule has 0 aromatic carbocycles. The Hall–Kier alpha value is -1.01. The number of rotatable bonds is 7. The molecule has 0 fully saturated rings. The highest BCUT2D eigenvalue weighted by Gasteiger charge is 2.02. The van der Waals surface area contributed by atoms with Gasteiger partial charge in [0.05, 0.1) is 0 Å². The van der Waals surface area contributed by atoms with E-state index in [4.69, 9.17) is 5.11 Å². The molecule has 2 N–H and O–H groups in total. The lowest BCUT2D eigenvalue weighted by atomic mass is 10.1. The van der Waals surface area contributed by atoms with Crippen LogP contribution in [0.5, 0.6) is 0 Å². The molecular formula is C12H20O3. The molecule has 0 unspecified atom stereocenters. The molecule has 0 aliphatic carbocycles. The van der Waals surface area contributed by atoms with Crippen molar-refractivity contribution in [1.82, 2.24) is 0 Å². The summed E-state index contributed by atoms with van der Waals surface area (Å²) in [6, 6.07) is 0. The summed E-state index contributed by atoms with van der Waals surface area (Å²) < 4.78 is 0. The molecule has 15 heavy (non-hydrogen) atoms. The van der Waals surface area contributed by atoms with Crippen LogP contribution in [0.25, 0.3) is 0 Å². The van der Waals surface area contributed by atoms with Crippen LogP contribution in [0.1, 0.15) is 51.9 Å². The molecule has 0 amide bonds. The summed E-state index contributed by atoms with van der Waals surface area (Å²) >= 11 is 0. The minimum Gasteiger partial charge on any atom is -0.481 e. The second-order valence-corrected chi connectivity index (χ2v) is 3.58. The minimum atomic E-state index is -0.890. The first-order chi connectivity index (χ1) is 7.16. The fourth-order valence-electron chi connectivity index (χ4n) is 1.16. The predicted molar refractivity (Wildman–Crippen MR) is 59.4 cm³/mol. The van der Waals surface area contributed by atoms with Gasteiger partial charge in [0.2, 0.25) is 0 Å². The molecule has 0 rings (SSSR count). The van der Waals surface area contributed by atoms with E-state index >= 15 is 0 Å². The Morgan fingerprint density at radius 3 is 2.67 bits per heavy atom. The van der Waals surface area contributed by atoms with E-state index < -0.39 is 12.1 Å². The maximum Gasteiger partial charge on any atom is 0.303 e. The van der Waals surface area contributed by atoms with E-state index in [0.717, 1.165) is 12.8 Å². The summed E-state index contributed by atoms with van der Waals surface area (Å²) in [6.07, 6.45) is 4.88. The van der Waals surface area contributed by atoms with Crippen molar-refractivity contribution in [3.8, 4) is 11.8 Å². The monoisotopic (exact) mass is 212 g/mol. The van der Waals surface area contributed by atoms with E-state index in [-0.39, 0.29) is 12.8 Å². The fraction of sp³-hybridized carbons (Fsp3) is 0.750. The summed E-state index contributed by atoms with van der Waals surface area (Å²) in [6.45, 7) is 2.15. The zero-order valence-electron chi connectivity index (χ0n) is 9.33. The van der Waals surface area contributed by atoms with Crippen molar-refractivity contribution in [2.24, 2.45) is 0 Å². The van der Waals surface area contributed by atoms with Crippen LogP contribution in [0, 0.1) is 11.8 Å². The third-order valence-electron chi connectivity index (χ3n) is 2.06. The van der Waals surface area contributed by atoms with Gasteiger partial charge in [0.15, 0.2) is 0 Å². The number of carboxylic acid groups (broad SMARTS) is 1. The van der Waals surface area contributed by atoms with Crippen molar-refractivity contribution >= 4 is 5.97 Å². The van der Waals surface area contributed by atoms with E-state index in [9.17, 15) is 9.90 Å². The average Bonchev–Trinajstić information content (AvgIpc) is 2.20. The largest absolute Gasteiger partial charge is 0.481 e. The lowest BCUT2D eigenvalue weighted by Gasteiger charge is -1.98. The fourth-order valence-corrected chi connectivity index (χ4v) is 1.16. The highest BCUT2D eigenvalue weighted by molar-refractivity contribution is 5.66. The van der Waals surface area contributed by atoms with Gasteiger partial charge in [-0.25, -0.2) is 0 Å². The highest BCUT2D eigenvalue weighted by atomic mass is 16.4. The molecule has 0 aliphatic heterocycles. The summed E-state index contributed by atoms with van der Waals surface area (Å²) in [5, 5.41) is 17.6. The molecule has 0 heterocycles. The first-order valence-corrected chi connectivity index (χ1v) is 5.55. The van der Waals surface area contributed by atoms with Gasteiger partial charge in [0.1, 0.15) is 6.10 Å². The van der Waals surface area contributed by atoms with Crippen LogP contribution in [-0.4, -0.2) is 22.3 Å². The third-order valence-corrected chi connectivity index (χ3v) is 2.06. The maximum absolute atomic E-state index is 10.2. The van der Waals surface area contributed by atoms with Crippen LogP contribution in [0.4, 0.5) is 0 Å². The van der Waals surface area contributed by atoms with Crippen molar-refractivity contribution in [3.05, 3.63) is 0 Å². The van der Waals surface area contributed by atoms with Crippen molar-refractivity contribution in [2.45, 2.75) is 58.0 Å². The highest BCUT2D eigenvalue weighted by Crippen LogP contribution is 2.01. The second-order valence-electron chi connectivity index (χ2n) is 3.58. The minimum absolute atomic E-state index is 0.0221. The molecule has 0 saturated carbocycles. The number of carboxylic acids is 1. The maximum atomic E-state index is 10.2. The molecule has 3 heteroatoms. The normalized spacial score (nSPS) is 11.6. The molecule has 0 saturated heterocycles. The lowest BCUT2D eigenvalue weighted by Crippen LogP contribution is -2.06. The van der Waals surface area contributed by atoms with Crippen molar-refractivity contribution in [2.75, 3.05) is 0 Å². The Morgan fingerprint density at radius 2 is 2.07 bits per heavy atom. The first kappa shape index (κ1) is 14.0. The van der Waals surface area contributed by atoms with Gasteiger partial charge in [0.25, 0.3) is 0 Å². The number of hydrogen-bond donors (Lipinski definition) is 2. The van der Waals surface area contributed by atoms with Gasteiger partial charge >= 0.3 is 5.97 Å². The van der Waals surface area contributed by atoms with E-state index in [0.29, 0.717) is 0 Å². The Labute approximate surface area is 91.5 Å². The van der Waals surface area contributed by atoms with Crippen LogP contribution in [0.3, 0.4) is 0 Å². The predicted octanol–water partition coefficient (Wildman–Crippen LogP) is 2.19. The Balaban J connectivity index is 3.45. The molecule has 0 aromatic rings. The zero-order valence-corrected chi connectivity index (χ0v) is 9.33. The molecule has 0 bridgehead atoms. The lowest BCUT2D eigenvalue weighted by molar-refractivity contribution is -0.137. The van der Waals surface area contributed by atoms with Crippen LogP contribution in [0.2, 0.25) is 0 Å². The van der Waals surface area contributed by atoms with E-state index in [1.165, 1.54) is 19.3 Å². The Bertz CT molecular complexity index is 225. The van der Waals surface area contributed by atoms with Crippen LogP contribution in [0.15, 0.2) is 0 Å². The zero-order chi connectivity index (χ0) is 11.5. The molecule has 86 valence electrons. The molecule has 0 spiro atoms. The molecular weight excluding hydrogens is 192 g/mol. The number of aliphatic hydroxyl groups is 1. The van der Waals surface area contributed by atoms with E-state index in [1.54, 1.807) is 0 Å². The number of unbranched alkanes of at least 4 members (excludes halogenated alkanes) is 4. The number of carbonyl (C=O) groups is 1. The Morgan fingerprint density at radius 1 is 1.33 bits per heavy atom. The molecule has 0 aromatic heterocycles. The molecule has 0 aliphatic rings. The van der Waals surface area contributed by atoms with Gasteiger partial charge < -0.3 is 10.2 Å². The first-order valence-electron chi connectivity index (χ1n) is 5.55. The average molecular weight is 212 g/mol. The van der Waals surface area contributed by atoms with E-state index in [1.807, 2.05) is 0 Å².